The summed E-state index contributed by atoms with van der Waals surface area (Å²) in [5.74, 6) is 4.27. The fourth-order valence-electron chi connectivity index (χ4n) is 11.2. The first kappa shape index (κ1) is 32.1. The van der Waals surface area contributed by atoms with Crippen molar-refractivity contribution in [1.82, 2.24) is 0 Å². The molecule has 0 spiro atoms. The van der Waals surface area contributed by atoms with E-state index in [1.807, 2.05) is 30.4 Å². The predicted octanol–water partition coefficient (Wildman–Crippen LogP) is 9.98. The summed E-state index contributed by atoms with van der Waals surface area (Å²) in [5.41, 5.74) is 3.56. The van der Waals surface area contributed by atoms with Gasteiger partial charge in [0, 0.05) is 11.1 Å². The molecular formula is C42H56O4. The third-order valence-electron chi connectivity index (χ3n) is 13.8. The van der Waals surface area contributed by atoms with Crippen LogP contribution in [0.25, 0.3) is 0 Å². The van der Waals surface area contributed by atoms with Gasteiger partial charge in [0.25, 0.3) is 0 Å². The van der Waals surface area contributed by atoms with Crippen LogP contribution in [0.2, 0.25) is 0 Å². The molecule has 0 aromatic heterocycles. The lowest BCUT2D eigenvalue weighted by Gasteiger charge is -2.58. The molecule has 3 saturated carbocycles. The molecule has 9 atom stereocenters. The van der Waals surface area contributed by atoms with Crippen molar-refractivity contribution in [2.75, 3.05) is 13.2 Å². The van der Waals surface area contributed by atoms with Crippen LogP contribution in [0.1, 0.15) is 125 Å². The maximum absolute atomic E-state index is 13.1. The van der Waals surface area contributed by atoms with Crippen LogP contribution in [0, 0.1) is 52.3 Å². The summed E-state index contributed by atoms with van der Waals surface area (Å²) in [6, 6.07) is 5.32. The van der Waals surface area contributed by atoms with Crippen LogP contribution < -0.4 is 4.74 Å². The molecule has 1 aromatic carbocycles. The van der Waals surface area contributed by atoms with E-state index >= 15 is 0 Å². The summed E-state index contributed by atoms with van der Waals surface area (Å²) in [6.45, 7) is 11.0. The Bertz CT molecular complexity index is 1420. The van der Waals surface area contributed by atoms with E-state index in [0.717, 1.165) is 42.4 Å². The van der Waals surface area contributed by atoms with Crippen LogP contribution in [0.15, 0.2) is 54.2 Å². The molecule has 3 fully saturated rings. The van der Waals surface area contributed by atoms with Crippen molar-refractivity contribution in [3.63, 3.8) is 0 Å². The first-order valence-electron chi connectivity index (χ1n) is 18.7. The standard InChI is InChI=1S/C42H56O4/c1-27(2)9-5-6-10-28-14-18-37-35-16-13-29-25-31(19-21-42(29,4)38(35)20-22-41(28,37)3)46-24-23-45-30-15-17-34-36(26-30)40(44)33-12-8-7-11-32(33)39(34)43/h7-8,11-13,15,17,26-28,31-33,35,37-38H,5-6,9-10,14,16,18-25H2,1-4H3. The number of carbonyl (C=O) groups is 2. The molecule has 6 aliphatic carbocycles. The van der Waals surface area contributed by atoms with E-state index in [9.17, 15) is 9.59 Å². The van der Waals surface area contributed by atoms with E-state index in [2.05, 4.69) is 33.8 Å². The maximum atomic E-state index is 13.1. The van der Waals surface area contributed by atoms with Crippen molar-refractivity contribution in [1.29, 1.82) is 0 Å². The minimum atomic E-state index is -0.400. The molecule has 0 bridgehead atoms. The molecule has 7 rings (SSSR count). The largest absolute Gasteiger partial charge is 0.491 e. The van der Waals surface area contributed by atoms with Crippen LogP contribution in [-0.4, -0.2) is 30.9 Å². The Hall–Kier alpha value is -2.46. The number of Topliss-reactive ketones (excluding diaryl/α,β-unsaturated/α-hetero) is 2. The van der Waals surface area contributed by atoms with E-state index in [1.54, 1.807) is 17.7 Å². The second kappa shape index (κ2) is 12.9. The van der Waals surface area contributed by atoms with Gasteiger partial charge >= 0.3 is 0 Å². The Morgan fingerprint density at radius 1 is 0.870 bits per heavy atom. The molecule has 4 heteroatoms. The SMILES string of the molecule is CC(C)CCCCC1CCC2C3CC=C4CC(OCCOc5ccc6c(c5)C(=O)C5C=CC=CC5C6=O)CCC4(C)C3CCC12C. The molecule has 6 aliphatic rings. The number of ketones is 2. The molecular weight excluding hydrogens is 568 g/mol. The zero-order chi connectivity index (χ0) is 32.1. The number of benzene rings is 1. The van der Waals surface area contributed by atoms with E-state index in [4.69, 9.17) is 9.47 Å². The van der Waals surface area contributed by atoms with Gasteiger partial charge in [-0.2, -0.15) is 0 Å². The van der Waals surface area contributed by atoms with Gasteiger partial charge in [0.1, 0.15) is 12.4 Å². The number of unbranched alkanes of at least 4 members (excludes halogenated alkanes) is 1. The van der Waals surface area contributed by atoms with Gasteiger partial charge in [-0.1, -0.05) is 82.9 Å². The second-order valence-corrected chi connectivity index (χ2v) is 16.6. The van der Waals surface area contributed by atoms with E-state index < -0.39 is 5.92 Å². The van der Waals surface area contributed by atoms with Gasteiger partial charge in [0.15, 0.2) is 11.6 Å². The second-order valence-electron chi connectivity index (χ2n) is 16.6. The van der Waals surface area contributed by atoms with Gasteiger partial charge in [-0.3, -0.25) is 9.59 Å². The lowest BCUT2D eigenvalue weighted by molar-refractivity contribution is -0.0604. The average Bonchev–Trinajstić information content (AvgIpc) is 3.40. The summed E-state index contributed by atoms with van der Waals surface area (Å²) >= 11 is 0. The Morgan fingerprint density at radius 2 is 1.65 bits per heavy atom. The molecule has 0 N–H and O–H groups in total. The molecule has 0 saturated heterocycles. The summed E-state index contributed by atoms with van der Waals surface area (Å²) in [6.07, 6.45) is 26.5. The lowest BCUT2D eigenvalue weighted by Crippen LogP contribution is -2.50. The number of hydrogen-bond acceptors (Lipinski definition) is 4. The van der Waals surface area contributed by atoms with E-state index in [0.29, 0.717) is 40.9 Å². The van der Waals surface area contributed by atoms with Gasteiger partial charge in [-0.05, 0) is 116 Å². The Kier molecular flexibility index (Phi) is 8.98. The van der Waals surface area contributed by atoms with Gasteiger partial charge < -0.3 is 9.47 Å². The molecule has 4 nitrogen and oxygen atoms in total. The fourth-order valence-corrected chi connectivity index (χ4v) is 11.2. The van der Waals surface area contributed by atoms with Gasteiger partial charge in [-0.15, -0.1) is 0 Å². The first-order chi connectivity index (χ1) is 22.2. The highest BCUT2D eigenvalue weighted by atomic mass is 16.5. The van der Waals surface area contributed by atoms with E-state index in [-0.39, 0.29) is 23.6 Å². The van der Waals surface area contributed by atoms with Crippen LogP contribution in [0.3, 0.4) is 0 Å². The highest BCUT2D eigenvalue weighted by Gasteiger charge is 2.58. The zero-order valence-electron chi connectivity index (χ0n) is 28.8. The van der Waals surface area contributed by atoms with E-state index in [1.165, 1.54) is 64.2 Å². The van der Waals surface area contributed by atoms with Crippen LogP contribution in [-0.2, 0) is 4.74 Å². The van der Waals surface area contributed by atoms with Crippen molar-refractivity contribution < 1.29 is 19.1 Å². The average molecular weight is 625 g/mol. The minimum absolute atomic E-state index is 0.00240. The van der Waals surface area contributed by atoms with Crippen LogP contribution in [0.5, 0.6) is 5.75 Å². The van der Waals surface area contributed by atoms with Crippen molar-refractivity contribution in [2.24, 2.45) is 52.3 Å². The third kappa shape index (κ3) is 5.69. The molecule has 0 amide bonds. The number of rotatable bonds is 10. The molecule has 0 radical (unpaired) electrons. The Morgan fingerprint density at radius 3 is 2.43 bits per heavy atom. The van der Waals surface area contributed by atoms with Crippen LogP contribution in [0.4, 0.5) is 0 Å². The summed E-state index contributed by atoms with van der Waals surface area (Å²) in [4.78, 5) is 26.1. The highest BCUT2D eigenvalue weighted by Crippen LogP contribution is 2.66. The quantitative estimate of drug-likeness (QED) is 0.192. The highest BCUT2D eigenvalue weighted by molar-refractivity contribution is 6.17. The van der Waals surface area contributed by atoms with Crippen LogP contribution >= 0.6 is 0 Å². The van der Waals surface area contributed by atoms with Crippen molar-refractivity contribution in [3.8, 4) is 5.75 Å². The number of allylic oxidation sites excluding steroid dienone is 5. The maximum Gasteiger partial charge on any atom is 0.171 e. The van der Waals surface area contributed by atoms with Crippen molar-refractivity contribution in [2.45, 2.75) is 111 Å². The summed E-state index contributed by atoms with van der Waals surface area (Å²) < 4.78 is 12.5. The molecule has 1 aromatic rings. The predicted molar refractivity (Wildman–Crippen MR) is 184 cm³/mol. The molecule has 0 aliphatic heterocycles. The zero-order valence-corrected chi connectivity index (χ0v) is 28.8. The summed E-state index contributed by atoms with van der Waals surface area (Å²) in [5, 5.41) is 0. The summed E-state index contributed by atoms with van der Waals surface area (Å²) in [7, 11) is 0. The van der Waals surface area contributed by atoms with Crippen molar-refractivity contribution in [3.05, 3.63) is 65.3 Å². The topological polar surface area (TPSA) is 52.6 Å². The molecule has 248 valence electrons. The van der Waals surface area contributed by atoms with Gasteiger partial charge in [0.05, 0.1) is 24.5 Å². The number of fused-ring (bicyclic) bond motifs is 7. The third-order valence-corrected chi connectivity index (χ3v) is 13.8. The molecule has 0 heterocycles. The number of carbonyl (C=O) groups excluding carboxylic acids is 2. The normalized spacial score (nSPS) is 37.7. The Balaban J connectivity index is 0.917. The number of ether oxygens (including phenoxy) is 2. The lowest BCUT2D eigenvalue weighted by atomic mass is 9.47. The number of hydrogen-bond donors (Lipinski definition) is 0. The van der Waals surface area contributed by atoms with Crippen molar-refractivity contribution >= 4 is 11.6 Å². The van der Waals surface area contributed by atoms with Gasteiger partial charge in [0.2, 0.25) is 0 Å². The molecule has 9 unspecified atom stereocenters. The van der Waals surface area contributed by atoms with Gasteiger partial charge in [-0.25, -0.2) is 0 Å². The smallest absolute Gasteiger partial charge is 0.171 e. The first-order valence-corrected chi connectivity index (χ1v) is 18.7. The monoisotopic (exact) mass is 624 g/mol. The molecule has 46 heavy (non-hydrogen) atoms. The fraction of sp³-hybridized carbons (Fsp3) is 0.667. The Labute approximate surface area is 277 Å². The minimum Gasteiger partial charge on any atom is -0.491 e.